The minimum Gasteiger partial charge on any atom is -0.507 e. The van der Waals surface area contributed by atoms with Crippen molar-refractivity contribution in [3.8, 4) is 5.75 Å². The number of carbonyl (C=O) groups excluding carboxylic acids is 5. The fourth-order valence-electron chi connectivity index (χ4n) is 9.66. The molecule has 0 aromatic heterocycles. The number of rotatable bonds is 5. The predicted octanol–water partition coefficient (Wildman–Crippen LogP) is 4.97. The summed E-state index contributed by atoms with van der Waals surface area (Å²) in [6, 6.07) is 13.5. The van der Waals surface area contributed by atoms with Crippen molar-refractivity contribution in [3.63, 3.8) is 0 Å². The molecule has 3 unspecified atom stereocenters. The summed E-state index contributed by atoms with van der Waals surface area (Å²) in [5, 5.41) is 36.3. The molecule has 0 amide bonds. The molecule has 8 heteroatoms. The Balaban J connectivity index is 1.46. The van der Waals surface area contributed by atoms with Crippen molar-refractivity contribution in [1.29, 1.82) is 0 Å². The van der Waals surface area contributed by atoms with E-state index in [0.29, 0.717) is 24.0 Å². The molecule has 0 heterocycles. The summed E-state index contributed by atoms with van der Waals surface area (Å²) in [5.74, 6) is -11.2. The smallest absolute Gasteiger partial charge is 0.191 e. The zero-order valence-electron chi connectivity index (χ0n) is 27.9. The molecule has 6 rings (SSSR count). The lowest BCUT2D eigenvalue weighted by molar-refractivity contribution is -0.240. The van der Waals surface area contributed by atoms with E-state index < -0.39 is 81.0 Å². The number of hydrogen-bond donors (Lipinski definition) is 3. The first-order valence-corrected chi connectivity index (χ1v) is 16.3. The van der Waals surface area contributed by atoms with Crippen LogP contribution in [0.15, 0.2) is 59.7 Å². The normalized spacial score (nSPS) is 35.1. The molecule has 246 valence electrons. The number of phenolic OH excluding ortho intramolecular Hbond substituents is 1. The Morgan fingerprint density at radius 3 is 2.23 bits per heavy atom. The Morgan fingerprint density at radius 1 is 1.00 bits per heavy atom. The number of phenols is 1. The molecular formula is C39H42O8. The van der Waals surface area contributed by atoms with E-state index in [0.717, 1.165) is 23.6 Å². The fourth-order valence-corrected chi connectivity index (χ4v) is 9.66. The number of allylic oxidation sites excluding steroid dienone is 4. The van der Waals surface area contributed by atoms with Crippen LogP contribution in [0.25, 0.3) is 5.57 Å². The Kier molecular flexibility index (Phi) is 7.53. The van der Waals surface area contributed by atoms with Crippen molar-refractivity contribution in [2.75, 3.05) is 0 Å². The summed E-state index contributed by atoms with van der Waals surface area (Å²) >= 11 is 0. The topological polar surface area (TPSA) is 146 Å². The molecule has 0 radical (unpaired) electrons. The van der Waals surface area contributed by atoms with Gasteiger partial charge in [-0.25, -0.2) is 0 Å². The maximum atomic E-state index is 14.7. The minimum absolute atomic E-state index is 0.0698. The highest BCUT2D eigenvalue weighted by atomic mass is 16.3. The van der Waals surface area contributed by atoms with Crippen LogP contribution in [-0.2, 0) is 25.6 Å². The average molecular weight is 639 g/mol. The van der Waals surface area contributed by atoms with Gasteiger partial charge in [-0.1, -0.05) is 94.3 Å². The van der Waals surface area contributed by atoms with Gasteiger partial charge in [0.05, 0.1) is 17.6 Å². The molecule has 4 aliphatic rings. The maximum Gasteiger partial charge on any atom is 0.191 e. The van der Waals surface area contributed by atoms with Gasteiger partial charge in [0.1, 0.15) is 17.5 Å². The van der Waals surface area contributed by atoms with Gasteiger partial charge in [0, 0.05) is 16.7 Å². The summed E-state index contributed by atoms with van der Waals surface area (Å²) in [5.41, 5.74) is -1.28. The number of hydrogen-bond acceptors (Lipinski definition) is 8. The summed E-state index contributed by atoms with van der Waals surface area (Å²) in [6.45, 7) is 11.2. The summed E-state index contributed by atoms with van der Waals surface area (Å²) in [4.78, 5) is 69.5. The van der Waals surface area contributed by atoms with Crippen LogP contribution in [0.3, 0.4) is 0 Å². The van der Waals surface area contributed by atoms with Crippen LogP contribution < -0.4 is 0 Å². The number of Topliss-reactive ketones (excluding diaryl/α,β-unsaturated/α-hetero) is 5. The summed E-state index contributed by atoms with van der Waals surface area (Å²) < 4.78 is 0. The summed E-state index contributed by atoms with van der Waals surface area (Å²) in [7, 11) is 0. The number of aromatic hydroxyl groups is 1. The van der Waals surface area contributed by atoms with Gasteiger partial charge in [-0.05, 0) is 60.8 Å². The van der Waals surface area contributed by atoms with E-state index >= 15 is 0 Å². The third-order valence-corrected chi connectivity index (χ3v) is 12.1. The molecular weight excluding hydrogens is 596 g/mol. The van der Waals surface area contributed by atoms with Crippen LogP contribution in [-0.4, -0.2) is 55.9 Å². The van der Waals surface area contributed by atoms with Gasteiger partial charge in [-0.2, -0.15) is 0 Å². The van der Waals surface area contributed by atoms with Gasteiger partial charge >= 0.3 is 0 Å². The number of ketones is 5. The second-order valence-corrected chi connectivity index (χ2v) is 14.9. The zero-order chi connectivity index (χ0) is 34.5. The first kappa shape index (κ1) is 32.9. The van der Waals surface area contributed by atoms with Crippen molar-refractivity contribution in [2.45, 2.75) is 78.9 Å². The van der Waals surface area contributed by atoms with Gasteiger partial charge in [-0.3, -0.25) is 24.0 Å². The molecule has 2 fully saturated rings. The van der Waals surface area contributed by atoms with Gasteiger partial charge in [0.2, 0.25) is 0 Å². The number of aliphatic hydroxyl groups is 2. The lowest BCUT2D eigenvalue weighted by Gasteiger charge is -2.65. The molecule has 3 N–H and O–H groups in total. The van der Waals surface area contributed by atoms with Gasteiger partial charge in [0.25, 0.3) is 0 Å². The van der Waals surface area contributed by atoms with E-state index in [1.807, 2.05) is 30.3 Å². The maximum absolute atomic E-state index is 14.7. The van der Waals surface area contributed by atoms with E-state index in [1.54, 1.807) is 39.8 Å². The first-order valence-electron chi connectivity index (χ1n) is 16.3. The zero-order valence-corrected chi connectivity index (χ0v) is 27.9. The minimum atomic E-state index is -2.98. The molecule has 0 aliphatic heterocycles. The molecule has 0 spiro atoms. The molecule has 8 nitrogen and oxygen atoms in total. The second kappa shape index (κ2) is 10.8. The van der Waals surface area contributed by atoms with Crippen molar-refractivity contribution >= 4 is 34.5 Å². The molecule has 4 aliphatic carbocycles. The van der Waals surface area contributed by atoms with Crippen molar-refractivity contribution in [3.05, 3.63) is 81.9 Å². The Labute approximate surface area is 274 Å². The largest absolute Gasteiger partial charge is 0.507 e. The van der Waals surface area contributed by atoms with Crippen LogP contribution in [0.2, 0.25) is 0 Å². The molecule has 0 bridgehead atoms. The van der Waals surface area contributed by atoms with Crippen LogP contribution in [0.5, 0.6) is 5.75 Å². The first-order chi connectivity index (χ1) is 21.9. The van der Waals surface area contributed by atoms with Gasteiger partial charge < -0.3 is 15.3 Å². The Bertz CT molecular complexity index is 1830. The number of aliphatic hydroxyl groups excluding tert-OH is 1. The highest BCUT2D eigenvalue weighted by Gasteiger charge is 2.80. The lowest BCUT2D eigenvalue weighted by Crippen LogP contribution is -2.81. The van der Waals surface area contributed by atoms with Crippen molar-refractivity contribution in [1.82, 2.24) is 0 Å². The third kappa shape index (κ3) is 4.10. The highest BCUT2D eigenvalue weighted by Crippen LogP contribution is 2.66. The number of carbonyl (C=O) groups is 5. The molecule has 2 aromatic rings. The molecule has 8 atom stereocenters. The fraction of sp³-hybridized carbons (Fsp3) is 0.462. The molecule has 2 saturated carbocycles. The molecule has 2 aromatic carbocycles. The monoisotopic (exact) mass is 638 g/mol. The predicted molar refractivity (Wildman–Crippen MR) is 174 cm³/mol. The van der Waals surface area contributed by atoms with Gasteiger partial charge in [-0.15, -0.1) is 0 Å². The standard InChI is InChI=1S/C39H42O8/c1-18(2)29-32(42)27(21(5)40)34(44)39(47)35(45)30-33(43)28-25(20(4)37(30,6)36(46)38(29,39)7)14-13-24(31(28)41)16-22-15-19(3)26(17-22)23-11-9-8-10-12-23/h8-14,17-18,20,27,29-30,36,41,46-47H,15-16H2,1-7H3/t20-,27?,29?,30?,36-,37+,38+,39+/m1/s1. The molecule has 47 heavy (non-hydrogen) atoms. The van der Waals surface area contributed by atoms with Gasteiger partial charge in [0.15, 0.2) is 28.7 Å². The van der Waals surface area contributed by atoms with Crippen LogP contribution in [0, 0.1) is 34.5 Å². The third-order valence-electron chi connectivity index (χ3n) is 12.1. The van der Waals surface area contributed by atoms with Crippen molar-refractivity contribution < 1.29 is 39.3 Å². The average Bonchev–Trinajstić information content (AvgIpc) is 3.38. The number of fused-ring (bicyclic) bond motifs is 3. The quantitative estimate of drug-likeness (QED) is 0.389. The highest BCUT2D eigenvalue weighted by molar-refractivity contribution is 6.33. The SMILES string of the molecule is CC(=O)C1C(=O)C(C(C)C)[C@@]2(C)[C@H](O)[C@]3(C)C(C(=O)c4c(ccc(CC5=CC(c6ccccc6)=C(C)C5)c4O)[C@H]3C)C(=O)[C@@]2(O)C1=O. The van der Waals surface area contributed by atoms with E-state index in [-0.39, 0.29) is 11.3 Å². The Hall–Kier alpha value is -4.01. The van der Waals surface area contributed by atoms with Crippen molar-refractivity contribution in [2.24, 2.45) is 34.5 Å². The Morgan fingerprint density at radius 2 is 1.64 bits per heavy atom. The van der Waals surface area contributed by atoms with Crippen LogP contribution >= 0.6 is 0 Å². The lowest BCUT2D eigenvalue weighted by atomic mass is 9.37. The summed E-state index contributed by atoms with van der Waals surface area (Å²) in [6.07, 6.45) is 1.46. The molecule has 0 saturated heterocycles. The van der Waals surface area contributed by atoms with E-state index in [2.05, 4.69) is 13.0 Å². The van der Waals surface area contributed by atoms with E-state index in [1.165, 1.54) is 12.5 Å². The van der Waals surface area contributed by atoms with Crippen LogP contribution in [0.4, 0.5) is 0 Å². The van der Waals surface area contributed by atoms with E-state index in [4.69, 9.17) is 0 Å². The van der Waals surface area contributed by atoms with E-state index in [9.17, 15) is 39.3 Å². The number of benzene rings is 2. The second-order valence-electron chi connectivity index (χ2n) is 14.9. The van der Waals surface area contributed by atoms with Crippen LogP contribution in [0.1, 0.15) is 87.9 Å².